The van der Waals surface area contributed by atoms with Crippen LogP contribution in [0.3, 0.4) is 0 Å². The average Bonchev–Trinajstić information content (AvgIpc) is 1.00. The van der Waals surface area contributed by atoms with Gasteiger partial charge in [0.25, 0.3) is 0 Å². The maximum Gasteiger partial charge on any atom is 0 e. The van der Waals surface area contributed by atoms with E-state index in [1.807, 2.05) is 0 Å². The summed E-state index contributed by atoms with van der Waals surface area (Å²) in [5.74, 6) is 0. The molecule has 0 aliphatic rings. The molecule has 0 spiro atoms. The van der Waals surface area contributed by atoms with Crippen molar-refractivity contribution in [1.29, 1.82) is 0 Å². The predicted octanol–water partition coefficient (Wildman–Crippen LogP) is -3.01. The van der Waals surface area contributed by atoms with Gasteiger partial charge in [-0.1, -0.05) is 0 Å². The first kappa shape index (κ1) is 17.0. The molecule has 0 heterocycles. The molecular weight excluding hydrogens is 119 g/mol. The Morgan fingerprint density at radius 1 is 1.50 bits per heavy atom. The Bertz CT molecular complexity index is 9.61. The largest absolute Gasteiger partial charge is 0 e. The van der Waals surface area contributed by atoms with Crippen LogP contribution in [0.2, 0.25) is 0 Å². The van der Waals surface area contributed by atoms with E-state index in [0.29, 0.717) is 0 Å². The molecule has 0 aromatic rings. The summed E-state index contributed by atoms with van der Waals surface area (Å²) >= 11 is 0.750. The van der Waals surface area contributed by atoms with Gasteiger partial charge in [0.05, 0.1) is 0 Å². The van der Waals surface area contributed by atoms with Gasteiger partial charge in [-0.25, -0.2) is 0 Å². The molecule has 0 saturated heterocycles. The maximum atomic E-state index is 8.25. The van der Waals surface area contributed by atoms with Crippen molar-refractivity contribution in [3.63, 3.8) is 0 Å². The van der Waals surface area contributed by atoms with Crippen LogP contribution < -0.4 is 18.9 Å². The van der Waals surface area contributed by atoms with E-state index in [1.165, 1.54) is 0 Å². The van der Waals surface area contributed by atoms with E-state index in [1.54, 1.807) is 0 Å². The van der Waals surface area contributed by atoms with Crippen molar-refractivity contribution < 1.29 is 65.7 Å². The van der Waals surface area contributed by atoms with E-state index in [2.05, 4.69) is 0 Å². The van der Waals surface area contributed by atoms with Crippen LogP contribution >= 0.6 is 0 Å². The fraction of sp³-hybridized carbons (Fsp3) is 0. The second-order valence-electron chi connectivity index (χ2n) is 0. The van der Waals surface area contributed by atoms with Crippen molar-refractivity contribution in [3.8, 4) is 0 Å². The van der Waals surface area contributed by atoms with E-state index >= 15 is 0 Å². The molecule has 4 heteroatoms. The Morgan fingerprint density at radius 2 is 1.50 bits per heavy atom. The van der Waals surface area contributed by atoms with Crippen molar-refractivity contribution in [1.82, 2.24) is 0 Å². The predicted molar refractivity (Wildman–Crippen MR) is 1.80 cm³/mol. The molecule has 0 aromatic carbocycles. The quantitative estimate of drug-likeness (QED) is 0.311. The first-order valence-corrected chi connectivity index (χ1v) is 0.842. The van der Waals surface area contributed by atoms with Crippen LogP contribution in [0.4, 0.5) is 0 Å². The van der Waals surface area contributed by atoms with Crippen LogP contribution in [0.5, 0.6) is 0 Å². The zero-order valence-corrected chi connectivity index (χ0v) is 5.53. The molecule has 0 radical (unpaired) electrons. The molecule has 0 atom stereocenters. The molecule has 0 aromatic heterocycles. The van der Waals surface area contributed by atoms with Gasteiger partial charge in [0.1, 0.15) is 0 Å². The van der Waals surface area contributed by atoms with Gasteiger partial charge >= 0.3 is 42.6 Å². The average molecular weight is 120 g/mol. The van der Waals surface area contributed by atoms with Crippen molar-refractivity contribution in [2.75, 3.05) is 0 Å². The van der Waals surface area contributed by atoms with Gasteiger partial charge < -0.3 is 1.43 Å². The summed E-state index contributed by atoms with van der Waals surface area (Å²) in [7, 11) is 0. The normalized spacial score (nSPS) is 0.750. The molecule has 0 saturated carbocycles. The summed E-state index contributed by atoms with van der Waals surface area (Å²) < 4.78 is 8.25. The minimum absolute atomic E-state index is 0. The van der Waals surface area contributed by atoms with E-state index in [0.717, 1.165) is 20.4 Å². The summed E-state index contributed by atoms with van der Waals surface area (Å²) in [5, 5.41) is 0. The molecule has 0 N–H and O–H groups in total. The Labute approximate surface area is 65.2 Å². The molecule has 4 heavy (non-hydrogen) atoms. The zero-order valence-electron chi connectivity index (χ0n) is 3.41. The van der Waals surface area contributed by atoms with Crippen LogP contribution in [-0.4, -0.2) is 0 Å². The third-order valence-electron chi connectivity index (χ3n) is 0. The number of hydrogen-bond donors (Lipinski definition) is 0. The summed E-state index contributed by atoms with van der Waals surface area (Å²) in [6.45, 7) is 0. The van der Waals surface area contributed by atoms with Gasteiger partial charge in [-0.3, -0.25) is 0 Å². The van der Waals surface area contributed by atoms with Crippen molar-refractivity contribution in [2.24, 2.45) is 0 Å². The third-order valence-corrected chi connectivity index (χ3v) is 0. The first-order chi connectivity index (χ1) is 1.00. The van der Waals surface area contributed by atoms with Crippen molar-refractivity contribution in [2.45, 2.75) is 0 Å². The van der Waals surface area contributed by atoms with Crippen molar-refractivity contribution in [3.05, 3.63) is 0 Å². The van der Waals surface area contributed by atoms with Crippen molar-refractivity contribution >= 4 is 0 Å². The van der Waals surface area contributed by atoms with E-state index < -0.39 is 0 Å². The zero-order chi connectivity index (χ0) is 2.00. The standard InChI is InChI=1S/Li.O.2Ti.H/q+1;;;;-1. The Kier molecular flexibility index (Phi) is 90.0. The summed E-state index contributed by atoms with van der Waals surface area (Å²) in [5.41, 5.74) is 0. The SMILES string of the molecule is [H-].[Li+].[O]=[Ti].[Ti]. The number of hydrogen-bond acceptors (Lipinski definition) is 1. The van der Waals surface area contributed by atoms with Gasteiger partial charge in [-0.15, -0.1) is 0 Å². The van der Waals surface area contributed by atoms with E-state index in [-0.39, 0.29) is 42.0 Å². The van der Waals surface area contributed by atoms with E-state index in [9.17, 15) is 0 Å². The molecule has 0 aliphatic carbocycles. The smallest absolute Gasteiger partial charge is 0 e. The summed E-state index contributed by atoms with van der Waals surface area (Å²) in [6, 6.07) is 0. The second kappa shape index (κ2) is 21.2. The van der Waals surface area contributed by atoms with Gasteiger partial charge in [0.15, 0.2) is 0 Å². The van der Waals surface area contributed by atoms with Crippen LogP contribution in [0.1, 0.15) is 1.43 Å². The molecule has 1 nitrogen and oxygen atoms in total. The van der Waals surface area contributed by atoms with Crippen LogP contribution in [0, 0.1) is 0 Å². The fourth-order valence-electron chi connectivity index (χ4n) is 0. The Morgan fingerprint density at radius 3 is 1.50 bits per heavy atom. The minimum Gasteiger partial charge on any atom is 0 e. The minimum atomic E-state index is 0. The molecule has 16 valence electrons. The molecule has 0 bridgehead atoms. The molecule has 0 unspecified atom stereocenters. The van der Waals surface area contributed by atoms with Crippen LogP contribution in [0.25, 0.3) is 0 Å². The summed E-state index contributed by atoms with van der Waals surface area (Å²) in [6.07, 6.45) is 0. The topological polar surface area (TPSA) is 17.1 Å². The third kappa shape index (κ3) is 9.16. The second-order valence-corrected chi connectivity index (χ2v) is 0. The van der Waals surface area contributed by atoms with Crippen LogP contribution in [0.15, 0.2) is 0 Å². The fourth-order valence-corrected chi connectivity index (χ4v) is 0. The number of rotatable bonds is 0. The van der Waals surface area contributed by atoms with Crippen LogP contribution in [-0.2, 0) is 45.4 Å². The maximum absolute atomic E-state index is 8.25. The Hall–Kier alpha value is 1.83. The molecule has 0 rings (SSSR count). The Balaban J connectivity index is -0.00000000167. The molecule has 0 aliphatic heterocycles. The van der Waals surface area contributed by atoms with Gasteiger partial charge in [0, 0.05) is 21.7 Å². The molecule has 0 amide bonds. The molecular formula is HLiOTi2. The van der Waals surface area contributed by atoms with Gasteiger partial charge in [0.2, 0.25) is 0 Å². The monoisotopic (exact) mass is 120 g/mol. The first-order valence-electron chi connectivity index (χ1n) is 0.204. The van der Waals surface area contributed by atoms with Gasteiger partial charge in [-0.2, -0.15) is 0 Å². The summed E-state index contributed by atoms with van der Waals surface area (Å²) in [4.78, 5) is 0. The molecule has 0 fully saturated rings. The van der Waals surface area contributed by atoms with E-state index in [4.69, 9.17) is 3.32 Å². The van der Waals surface area contributed by atoms with Gasteiger partial charge in [-0.05, 0) is 0 Å².